The fraction of sp³-hybridized carbons (Fsp3) is 0.355. The minimum Gasteiger partial charge on any atom is -0.497 e. The Bertz CT molecular complexity index is 1560. The van der Waals surface area contributed by atoms with Crippen LogP contribution in [0, 0.1) is 5.92 Å². The highest BCUT2D eigenvalue weighted by Crippen LogP contribution is 2.36. The van der Waals surface area contributed by atoms with Crippen molar-refractivity contribution >= 4 is 33.3 Å². The van der Waals surface area contributed by atoms with E-state index in [0.29, 0.717) is 17.2 Å². The van der Waals surface area contributed by atoms with Crippen LogP contribution in [0.15, 0.2) is 71.6 Å². The van der Waals surface area contributed by atoms with Crippen molar-refractivity contribution in [2.24, 2.45) is 5.92 Å². The molecule has 0 saturated carbocycles. The number of sulfonamides is 1. The van der Waals surface area contributed by atoms with Crippen molar-refractivity contribution < 1.29 is 37.3 Å². The molecule has 44 heavy (non-hydrogen) atoms. The Hall–Kier alpha value is -4.49. The number of fused-ring (bicyclic) bond motifs is 1. The number of hydrogen-bond donors (Lipinski definition) is 3. The van der Waals surface area contributed by atoms with Crippen LogP contribution in [0.1, 0.15) is 24.2 Å². The lowest BCUT2D eigenvalue weighted by atomic mass is 9.99. The van der Waals surface area contributed by atoms with E-state index in [0.717, 1.165) is 0 Å². The van der Waals surface area contributed by atoms with Crippen LogP contribution in [-0.4, -0.2) is 88.4 Å². The van der Waals surface area contributed by atoms with Gasteiger partial charge >= 0.3 is 6.03 Å². The van der Waals surface area contributed by atoms with Gasteiger partial charge in [0.25, 0.3) is 15.9 Å². The first kappa shape index (κ1) is 32.4. The molecule has 3 amide bonds. The zero-order valence-electron chi connectivity index (χ0n) is 25.3. The standard InChI is InChI=1S/C31H38N4O8S/c1-20-17-35(21(2)19-36)30(37)26-7-6-8-27(33-44(39,40)25-15-13-24(42-5)14-16-25)29(26)43-28(20)18-34(3)31(38)32-22-9-11-23(41-4)12-10-22/h6-16,20-21,28,33,36H,17-19H2,1-5H3,(H,32,38)/t20-,21-,28+/m0/s1. The van der Waals surface area contributed by atoms with E-state index in [1.54, 1.807) is 57.5 Å². The summed E-state index contributed by atoms with van der Waals surface area (Å²) in [6.07, 6.45) is -0.659. The summed E-state index contributed by atoms with van der Waals surface area (Å²) in [5.41, 5.74) is 0.763. The van der Waals surface area contributed by atoms with Gasteiger partial charge in [-0.15, -0.1) is 0 Å². The summed E-state index contributed by atoms with van der Waals surface area (Å²) in [6.45, 7) is 3.68. The maximum Gasteiger partial charge on any atom is 0.321 e. The highest BCUT2D eigenvalue weighted by atomic mass is 32.2. The number of nitrogens with one attached hydrogen (secondary N) is 2. The largest absolute Gasteiger partial charge is 0.497 e. The number of hydrogen-bond acceptors (Lipinski definition) is 8. The molecule has 3 atom stereocenters. The number of urea groups is 1. The van der Waals surface area contributed by atoms with E-state index in [1.165, 1.54) is 47.2 Å². The maximum absolute atomic E-state index is 13.7. The zero-order valence-corrected chi connectivity index (χ0v) is 26.1. The fourth-order valence-electron chi connectivity index (χ4n) is 4.75. The van der Waals surface area contributed by atoms with E-state index in [2.05, 4.69) is 10.0 Å². The van der Waals surface area contributed by atoms with Crippen LogP contribution in [0.3, 0.4) is 0 Å². The Balaban J connectivity index is 1.66. The van der Waals surface area contributed by atoms with Gasteiger partial charge < -0.3 is 34.4 Å². The van der Waals surface area contributed by atoms with Gasteiger partial charge in [0.2, 0.25) is 0 Å². The van der Waals surface area contributed by atoms with Gasteiger partial charge in [-0.1, -0.05) is 13.0 Å². The number of nitrogens with zero attached hydrogens (tertiary/aromatic N) is 2. The third kappa shape index (κ3) is 7.34. The molecule has 3 N–H and O–H groups in total. The molecular weight excluding hydrogens is 588 g/mol. The van der Waals surface area contributed by atoms with Gasteiger partial charge in [-0.3, -0.25) is 9.52 Å². The smallest absolute Gasteiger partial charge is 0.321 e. The highest BCUT2D eigenvalue weighted by molar-refractivity contribution is 7.92. The number of carbonyl (C=O) groups is 2. The number of aliphatic hydroxyl groups excluding tert-OH is 1. The van der Waals surface area contributed by atoms with Crippen molar-refractivity contribution in [1.29, 1.82) is 0 Å². The third-order valence-corrected chi connectivity index (χ3v) is 8.83. The van der Waals surface area contributed by atoms with Gasteiger partial charge in [0.15, 0.2) is 5.75 Å². The first-order chi connectivity index (χ1) is 21.0. The molecule has 236 valence electrons. The number of methoxy groups -OCH3 is 2. The second kappa shape index (κ2) is 13.9. The lowest BCUT2D eigenvalue weighted by Gasteiger charge is -2.38. The van der Waals surface area contributed by atoms with E-state index in [4.69, 9.17) is 14.2 Å². The van der Waals surface area contributed by atoms with Crippen LogP contribution in [0.5, 0.6) is 17.2 Å². The number of rotatable bonds is 10. The van der Waals surface area contributed by atoms with Gasteiger partial charge in [0.05, 0.1) is 49.6 Å². The molecule has 1 heterocycles. The molecule has 4 rings (SSSR count). The Kier molecular flexibility index (Phi) is 10.2. The molecule has 13 heteroatoms. The minimum atomic E-state index is -4.09. The van der Waals surface area contributed by atoms with Crippen LogP contribution in [0.4, 0.5) is 16.2 Å². The SMILES string of the molecule is COc1ccc(NC(=O)N(C)C[C@H]2Oc3c(NS(=O)(=O)c4ccc(OC)cc4)cccc3C(=O)N([C@@H](C)CO)C[C@@H]2C)cc1. The second-order valence-corrected chi connectivity index (χ2v) is 12.3. The Morgan fingerprint density at radius 2 is 1.68 bits per heavy atom. The zero-order chi connectivity index (χ0) is 32.0. The van der Waals surface area contributed by atoms with Gasteiger partial charge in [0, 0.05) is 25.2 Å². The van der Waals surface area contributed by atoms with E-state index in [9.17, 15) is 23.1 Å². The van der Waals surface area contributed by atoms with E-state index < -0.39 is 34.1 Å². The van der Waals surface area contributed by atoms with E-state index >= 15 is 0 Å². The molecule has 3 aromatic rings. The van der Waals surface area contributed by atoms with Gasteiger partial charge in [0.1, 0.15) is 17.6 Å². The first-order valence-corrected chi connectivity index (χ1v) is 15.5. The number of amides is 3. The van der Waals surface area contributed by atoms with E-state index in [-0.39, 0.29) is 47.5 Å². The summed E-state index contributed by atoms with van der Waals surface area (Å²) in [7, 11) is 0.571. The topological polar surface area (TPSA) is 147 Å². The number of aliphatic hydroxyl groups is 1. The lowest BCUT2D eigenvalue weighted by Crippen LogP contribution is -2.50. The number of ether oxygens (including phenoxy) is 3. The molecule has 1 aliphatic rings. The summed E-state index contributed by atoms with van der Waals surface area (Å²) in [6, 6.07) is 16.5. The molecule has 0 aliphatic carbocycles. The monoisotopic (exact) mass is 626 g/mol. The number of para-hydroxylation sites is 1. The normalized spacial score (nSPS) is 17.3. The minimum absolute atomic E-state index is 0.0107. The molecule has 3 aromatic carbocycles. The van der Waals surface area contributed by atoms with Crippen LogP contribution >= 0.6 is 0 Å². The molecule has 0 fully saturated rings. The molecule has 0 aromatic heterocycles. The summed E-state index contributed by atoms with van der Waals surface area (Å²) in [5.74, 6) is 0.455. The molecular formula is C31H38N4O8S. The van der Waals surface area contributed by atoms with Crippen LogP contribution in [0.25, 0.3) is 0 Å². The molecule has 12 nitrogen and oxygen atoms in total. The molecule has 0 bridgehead atoms. The number of benzene rings is 3. The Morgan fingerprint density at radius 3 is 2.27 bits per heavy atom. The summed E-state index contributed by atoms with van der Waals surface area (Å²) in [4.78, 5) is 29.8. The van der Waals surface area contributed by atoms with Crippen LogP contribution in [0.2, 0.25) is 0 Å². The average Bonchev–Trinajstić information content (AvgIpc) is 3.02. The average molecular weight is 627 g/mol. The van der Waals surface area contributed by atoms with Crippen LogP contribution < -0.4 is 24.2 Å². The predicted octanol–water partition coefficient (Wildman–Crippen LogP) is 3.89. The molecule has 0 unspecified atom stereocenters. The van der Waals surface area contributed by atoms with Crippen molar-refractivity contribution in [2.75, 3.05) is 51.0 Å². The molecule has 0 radical (unpaired) electrons. The first-order valence-electron chi connectivity index (χ1n) is 14.0. The fourth-order valence-corrected chi connectivity index (χ4v) is 5.81. The molecule has 0 saturated heterocycles. The lowest BCUT2D eigenvalue weighted by molar-refractivity contribution is 0.0373. The Labute approximate surface area is 257 Å². The predicted molar refractivity (Wildman–Crippen MR) is 166 cm³/mol. The van der Waals surface area contributed by atoms with Crippen molar-refractivity contribution in [3.8, 4) is 17.2 Å². The molecule has 0 spiro atoms. The van der Waals surface area contributed by atoms with Gasteiger partial charge in [-0.25, -0.2) is 13.2 Å². The van der Waals surface area contributed by atoms with Gasteiger partial charge in [-0.05, 0) is 67.6 Å². The summed E-state index contributed by atoms with van der Waals surface area (Å²) in [5, 5.41) is 12.8. The van der Waals surface area contributed by atoms with Gasteiger partial charge in [-0.2, -0.15) is 0 Å². The van der Waals surface area contributed by atoms with Crippen molar-refractivity contribution in [1.82, 2.24) is 9.80 Å². The highest BCUT2D eigenvalue weighted by Gasteiger charge is 2.35. The van der Waals surface area contributed by atoms with E-state index in [1.807, 2.05) is 6.92 Å². The second-order valence-electron chi connectivity index (χ2n) is 10.6. The summed E-state index contributed by atoms with van der Waals surface area (Å²) < 4.78 is 46.0. The summed E-state index contributed by atoms with van der Waals surface area (Å²) >= 11 is 0. The number of likely N-dealkylation sites (N-methyl/N-ethyl adjacent to an activating group) is 1. The van der Waals surface area contributed by atoms with Crippen molar-refractivity contribution in [2.45, 2.75) is 30.9 Å². The number of anilines is 2. The van der Waals surface area contributed by atoms with Crippen molar-refractivity contribution in [3.63, 3.8) is 0 Å². The van der Waals surface area contributed by atoms with Crippen molar-refractivity contribution in [3.05, 3.63) is 72.3 Å². The number of carbonyl (C=O) groups excluding carboxylic acids is 2. The Morgan fingerprint density at radius 1 is 1.07 bits per heavy atom. The maximum atomic E-state index is 13.7. The molecule has 1 aliphatic heterocycles. The third-order valence-electron chi connectivity index (χ3n) is 7.45. The van der Waals surface area contributed by atoms with Crippen LogP contribution in [-0.2, 0) is 10.0 Å². The quantitative estimate of drug-likeness (QED) is 0.307.